The monoisotopic (exact) mass is 284 g/mol. The Morgan fingerprint density at radius 3 is 2.58 bits per heavy atom. The van der Waals surface area contributed by atoms with Crippen LogP contribution in [-0.4, -0.2) is 32.9 Å². The first-order valence-corrected chi connectivity index (χ1v) is 7.79. The Bertz CT molecular complexity index is 553. The Morgan fingerprint density at radius 2 is 2.11 bits per heavy atom. The number of nitrogens with two attached hydrogens (primary N) is 1. The Balaban J connectivity index is 2.34. The minimum absolute atomic E-state index is 0.133. The van der Waals surface area contributed by atoms with Crippen molar-refractivity contribution >= 4 is 10.0 Å². The zero-order chi connectivity index (χ0) is 14.0. The van der Waals surface area contributed by atoms with E-state index in [-0.39, 0.29) is 17.5 Å². The van der Waals surface area contributed by atoms with Crippen molar-refractivity contribution in [2.75, 3.05) is 14.2 Å². The molecule has 0 heterocycles. The van der Waals surface area contributed by atoms with E-state index in [0.717, 1.165) is 19.3 Å². The Labute approximate surface area is 114 Å². The van der Waals surface area contributed by atoms with Gasteiger partial charge in [-0.25, -0.2) is 8.42 Å². The Hall–Kier alpha value is -1.11. The molecule has 0 spiro atoms. The zero-order valence-corrected chi connectivity index (χ0v) is 12.1. The maximum Gasteiger partial charge on any atom is 0.243 e. The summed E-state index contributed by atoms with van der Waals surface area (Å²) in [4.78, 5) is 0.281. The fourth-order valence-electron chi connectivity index (χ4n) is 2.19. The van der Waals surface area contributed by atoms with Crippen molar-refractivity contribution in [3.63, 3.8) is 0 Å². The minimum Gasteiger partial charge on any atom is -0.496 e. The zero-order valence-electron chi connectivity index (χ0n) is 11.3. The lowest BCUT2D eigenvalue weighted by molar-refractivity contribution is 0.249. The van der Waals surface area contributed by atoms with Crippen LogP contribution in [-0.2, 0) is 16.6 Å². The quantitative estimate of drug-likeness (QED) is 0.885. The number of nitrogens with zero attached hydrogens (tertiary/aromatic N) is 1. The standard InChI is InChI=1S/C13H20N2O3S/c1-15(11-4-3-5-11)19(16,17)12-6-7-13(18-2)10(8-12)9-14/h6-8,11H,3-5,9,14H2,1-2H3. The van der Waals surface area contributed by atoms with E-state index in [1.54, 1.807) is 32.4 Å². The molecular weight excluding hydrogens is 264 g/mol. The number of sulfonamides is 1. The van der Waals surface area contributed by atoms with Crippen LogP contribution in [0.3, 0.4) is 0 Å². The molecule has 2 rings (SSSR count). The molecule has 0 unspecified atom stereocenters. The lowest BCUT2D eigenvalue weighted by Gasteiger charge is -2.33. The number of rotatable bonds is 5. The summed E-state index contributed by atoms with van der Waals surface area (Å²) >= 11 is 0. The molecule has 0 atom stereocenters. The van der Waals surface area contributed by atoms with Crippen molar-refractivity contribution in [2.45, 2.75) is 36.7 Å². The van der Waals surface area contributed by atoms with Gasteiger partial charge in [-0.05, 0) is 31.0 Å². The molecule has 19 heavy (non-hydrogen) atoms. The maximum atomic E-state index is 12.5. The van der Waals surface area contributed by atoms with E-state index in [1.165, 1.54) is 4.31 Å². The highest BCUT2D eigenvalue weighted by Gasteiger charge is 2.31. The number of hydrogen-bond donors (Lipinski definition) is 1. The van der Waals surface area contributed by atoms with E-state index >= 15 is 0 Å². The summed E-state index contributed by atoms with van der Waals surface area (Å²) in [7, 11) is -0.245. The Kier molecular flexibility index (Phi) is 4.13. The Morgan fingerprint density at radius 1 is 1.42 bits per heavy atom. The van der Waals surface area contributed by atoms with Gasteiger partial charge in [0.15, 0.2) is 0 Å². The lowest BCUT2D eigenvalue weighted by Crippen LogP contribution is -2.41. The number of ether oxygens (including phenoxy) is 1. The molecule has 2 N–H and O–H groups in total. The summed E-state index contributed by atoms with van der Waals surface area (Å²) in [5.41, 5.74) is 6.32. The molecule has 1 aromatic carbocycles. The van der Waals surface area contributed by atoms with Gasteiger partial charge in [0.1, 0.15) is 5.75 Å². The van der Waals surface area contributed by atoms with Crippen LogP contribution < -0.4 is 10.5 Å². The first-order valence-electron chi connectivity index (χ1n) is 6.35. The smallest absolute Gasteiger partial charge is 0.243 e. The van der Waals surface area contributed by atoms with E-state index < -0.39 is 10.0 Å². The second kappa shape index (κ2) is 5.48. The third kappa shape index (κ3) is 2.61. The predicted octanol–water partition coefficient (Wildman–Crippen LogP) is 1.33. The molecule has 1 aliphatic rings. The topological polar surface area (TPSA) is 72.6 Å². The molecule has 0 aliphatic heterocycles. The SMILES string of the molecule is COc1ccc(S(=O)(=O)N(C)C2CCC2)cc1CN. The van der Waals surface area contributed by atoms with Crippen LogP contribution in [0.5, 0.6) is 5.75 Å². The first-order chi connectivity index (χ1) is 9.00. The van der Waals surface area contributed by atoms with E-state index in [2.05, 4.69) is 0 Å². The molecule has 0 amide bonds. The largest absolute Gasteiger partial charge is 0.496 e. The number of methoxy groups -OCH3 is 1. The lowest BCUT2D eigenvalue weighted by atomic mass is 9.94. The van der Waals surface area contributed by atoms with E-state index in [1.807, 2.05) is 0 Å². The van der Waals surface area contributed by atoms with Crippen LogP contribution in [0.4, 0.5) is 0 Å². The normalized spacial score (nSPS) is 16.4. The van der Waals surface area contributed by atoms with Crippen molar-refractivity contribution in [3.05, 3.63) is 23.8 Å². The average molecular weight is 284 g/mol. The van der Waals surface area contributed by atoms with E-state index in [0.29, 0.717) is 11.3 Å². The van der Waals surface area contributed by atoms with Gasteiger partial charge < -0.3 is 10.5 Å². The van der Waals surface area contributed by atoms with Gasteiger partial charge in [-0.15, -0.1) is 0 Å². The van der Waals surface area contributed by atoms with Crippen molar-refractivity contribution in [1.82, 2.24) is 4.31 Å². The van der Waals surface area contributed by atoms with Gasteiger partial charge in [0.25, 0.3) is 0 Å². The molecule has 1 saturated carbocycles. The minimum atomic E-state index is -3.43. The first kappa shape index (κ1) is 14.3. The second-order valence-corrected chi connectivity index (χ2v) is 6.78. The highest BCUT2D eigenvalue weighted by Crippen LogP contribution is 2.30. The molecule has 1 aromatic rings. The summed E-state index contributed by atoms with van der Waals surface area (Å²) in [6.07, 6.45) is 2.98. The molecule has 0 bridgehead atoms. The van der Waals surface area contributed by atoms with Crippen LogP contribution >= 0.6 is 0 Å². The van der Waals surface area contributed by atoms with Gasteiger partial charge in [0.05, 0.1) is 12.0 Å². The van der Waals surface area contributed by atoms with Crippen molar-refractivity contribution < 1.29 is 13.2 Å². The van der Waals surface area contributed by atoms with Crippen molar-refractivity contribution in [2.24, 2.45) is 5.73 Å². The number of benzene rings is 1. The summed E-state index contributed by atoms with van der Waals surface area (Å²) in [5, 5.41) is 0. The predicted molar refractivity (Wildman–Crippen MR) is 73.5 cm³/mol. The third-order valence-corrected chi connectivity index (χ3v) is 5.64. The van der Waals surface area contributed by atoms with Crippen LogP contribution in [0.2, 0.25) is 0 Å². The fraction of sp³-hybridized carbons (Fsp3) is 0.538. The molecule has 0 radical (unpaired) electrons. The molecule has 1 aliphatic carbocycles. The summed E-state index contributed by atoms with van der Waals surface area (Å²) < 4.78 is 31.6. The van der Waals surface area contributed by atoms with E-state index in [4.69, 9.17) is 10.5 Å². The highest BCUT2D eigenvalue weighted by molar-refractivity contribution is 7.89. The van der Waals surface area contributed by atoms with Gasteiger partial charge in [0, 0.05) is 25.2 Å². The highest BCUT2D eigenvalue weighted by atomic mass is 32.2. The molecule has 0 saturated heterocycles. The van der Waals surface area contributed by atoms with Crippen molar-refractivity contribution in [3.8, 4) is 5.75 Å². The van der Waals surface area contributed by atoms with Gasteiger partial charge in [-0.2, -0.15) is 4.31 Å². The summed E-state index contributed by atoms with van der Waals surface area (Å²) in [6.45, 7) is 0.250. The van der Waals surface area contributed by atoms with Gasteiger partial charge in [-0.1, -0.05) is 6.42 Å². The summed E-state index contributed by atoms with van der Waals surface area (Å²) in [6, 6.07) is 4.96. The summed E-state index contributed by atoms with van der Waals surface area (Å²) in [5.74, 6) is 0.618. The maximum absolute atomic E-state index is 12.5. The third-order valence-electron chi connectivity index (χ3n) is 3.74. The van der Waals surface area contributed by atoms with Gasteiger partial charge >= 0.3 is 0 Å². The van der Waals surface area contributed by atoms with Crippen LogP contribution in [0.1, 0.15) is 24.8 Å². The number of hydrogen-bond acceptors (Lipinski definition) is 4. The average Bonchev–Trinajstić information content (AvgIpc) is 2.35. The van der Waals surface area contributed by atoms with Crippen LogP contribution in [0, 0.1) is 0 Å². The molecule has 106 valence electrons. The molecular formula is C13H20N2O3S. The fourth-order valence-corrected chi connectivity index (χ4v) is 3.65. The second-order valence-electron chi connectivity index (χ2n) is 4.78. The molecule has 1 fully saturated rings. The van der Waals surface area contributed by atoms with Crippen LogP contribution in [0.15, 0.2) is 23.1 Å². The molecule has 0 aromatic heterocycles. The molecule has 6 heteroatoms. The van der Waals surface area contributed by atoms with Crippen molar-refractivity contribution in [1.29, 1.82) is 0 Å². The van der Waals surface area contributed by atoms with Gasteiger partial charge in [-0.3, -0.25) is 0 Å². The van der Waals surface area contributed by atoms with Crippen LogP contribution in [0.25, 0.3) is 0 Å². The van der Waals surface area contributed by atoms with E-state index in [9.17, 15) is 8.42 Å². The molecule has 5 nitrogen and oxygen atoms in total. The van der Waals surface area contributed by atoms with Gasteiger partial charge in [0.2, 0.25) is 10.0 Å².